The quantitative estimate of drug-likeness (QED) is 0.852. The Balaban J connectivity index is 2.25. The van der Waals surface area contributed by atoms with E-state index in [1.807, 2.05) is 6.92 Å². The summed E-state index contributed by atoms with van der Waals surface area (Å²) in [6.07, 6.45) is -2.50. The summed E-state index contributed by atoms with van der Waals surface area (Å²) < 4.78 is 39.5. The van der Waals surface area contributed by atoms with Crippen LogP contribution in [0.1, 0.15) is 25.3 Å². The van der Waals surface area contributed by atoms with Gasteiger partial charge in [-0.2, -0.15) is 13.2 Å². The summed E-state index contributed by atoms with van der Waals surface area (Å²) in [7, 11) is 0. The van der Waals surface area contributed by atoms with Crippen LogP contribution in [0.2, 0.25) is 0 Å². The number of rotatable bonds is 2. The van der Waals surface area contributed by atoms with Crippen molar-refractivity contribution < 1.29 is 13.2 Å². The number of benzene rings is 1. The van der Waals surface area contributed by atoms with Gasteiger partial charge in [0.1, 0.15) is 0 Å². The van der Waals surface area contributed by atoms with Gasteiger partial charge in [-0.1, -0.05) is 15.9 Å². The molecule has 0 aromatic heterocycles. The Morgan fingerprint density at radius 1 is 1.37 bits per heavy atom. The minimum atomic E-state index is -4.34. The molecule has 2 nitrogen and oxygen atoms in total. The zero-order valence-corrected chi connectivity index (χ0v) is 12.1. The van der Waals surface area contributed by atoms with Gasteiger partial charge in [0.05, 0.1) is 5.56 Å². The number of alkyl halides is 3. The number of hydrogen-bond acceptors (Lipinski definition) is 2. The molecule has 1 aliphatic heterocycles. The number of piperidine rings is 1. The maximum Gasteiger partial charge on any atom is 0.418 e. The fraction of sp³-hybridized carbons (Fsp3) is 0.538. The van der Waals surface area contributed by atoms with Crippen LogP contribution < -0.4 is 10.6 Å². The van der Waals surface area contributed by atoms with Gasteiger partial charge in [-0.25, -0.2) is 0 Å². The van der Waals surface area contributed by atoms with Crippen molar-refractivity contribution in [3.8, 4) is 0 Å². The highest BCUT2D eigenvalue weighted by molar-refractivity contribution is 9.10. The first kappa shape index (κ1) is 14.7. The third-order valence-electron chi connectivity index (χ3n) is 3.39. The van der Waals surface area contributed by atoms with Crippen LogP contribution in [-0.4, -0.2) is 18.6 Å². The van der Waals surface area contributed by atoms with Crippen molar-refractivity contribution >= 4 is 21.6 Å². The Morgan fingerprint density at radius 2 is 2.11 bits per heavy atom. The van der Waals surface area contributed by atoms with Crippen LogP contribution in [0.3, 0.4) is 0 Å². The number of nitrogens with one attached hydrogen (secondary N) is 2. The van der Waals surface area contributed by atoms with Crippen molar-refractivity contribution in [2.45, 2.75) is 38.0 Å². The van der Waals surface area contributed by atoms with Gasteiger partial charge in [0, 0.05) is 22.2 Å². The summed E-state index contributed by atoms with van der Waals surface area (Å²) >= 11 is 3.22. The van der Waals surface area contributed by atoms with Crippen LogP contribution in [0.15, 0.2) is 22.7 Å². The zero-order chi connectivity index (χ0) is 14.0. The van der Waals surface area contributed by atoms with Gasteiger partial charge >= 0.3 is 6.18 Å². The predicted molar refractivity (Wildman–Crippen MR) is 73.3 cm³/mol. The van der Waals surface area contributed by atoms with Crippen LogP contribution in [-0.2, 0) is 6.18 Å². The van der Waals surface area contributed by atoms with Crippen molar-refractivity contribution in [2.24, 2.45) is 0 Å². The van der Waals surface area contributed by atoms with E-state index in [1.54, 1.807) is 0 Å². The SMILES string of the molecule is CC1NCCCC1Nc1cc(Br)ccc1C(F)(F)F. The molecule has 0 spiro atoms. The van der Waals surface area contributed by atoms with Crippen LogP contribution >= 0.6 is 15.9 Å². The van der Waals surface area contributed by atoms with E-state index in [0.29, 0.717) is 4.47 Å². The van der Waals surface area contributed by atoms with Crippen molar-refractivity contribution in [3.05, 3.63) is 28.2 Å². The van der Waals surface area contributed by atoms with Crippen LogP contribution in [0.5, 0.6) is 0 Å². The van der Waals surface area contributed by atoms with Crippen LogP contribution in [0.4, 0.5) is 18.9 Å². The van der Waals surface area contributed by atoms with Crippen molar-refractivity contribution in [1.29, 1.82) is 0 Å². The molecule has 19 heavy (non-hydrogen) atoms. The van der Waals surface area contributed by atoms with Crippen molar-refractivity contribution in [1.82, 2.24) is 5.32 Å². The monoisotopic (exact) mass is 336 g/mol. The molecule has 2 N–H and O–H groups in total. The Kier molecular flexibility index (Phi) is 4.40. The smallest absolute Gasteiger partial charge is 0.380 e. The predicted octanol–water partition coefficient (Wildman–Crippen LogP) is 4.02. The average molecular weight is 337 g/mol. The average Bonchev–Trinajstić information content (AvgIpc) is 2.30. The summed E-state index contributed by atoms with van der Waals surface area (Å²) in [5.41, 5.74) is -0.476. The second-order valence-corrected chi connectivity index (χ2v) is 5.74. The molecule has 1 aromatic carbocycles. The maximum atomic E-state index is 13.0. The van der Waals surface area contributed by atoms with E-state index in [2.05, 4.69) is 26.6 Å². The minimum Gasteiger partial charge on any atom is -0.380 e. The van der Waals surface area contributed by atoms with E-state index in [0.717, 1.165) is 25.5 Å². The molecule has 1 aromatic rings. The molecule has 1 fully saturated rings. The molecule has 0 aliphatic carbocycles. The normalized spacial score (nSPS) is 24.3. The molecule has 0 bridgehead atoms. The molecular formula is C13H16BrF3N2. The Bertz CT molecular complexity index is 448. The number of halogens is 4. The lowest BCUT2D eigenvalue weighted by Crippen LogP contribution is -2.46. The van der Waals surface area contributed by atoms with Gasteiger partial charge in [-0.05, 0) is 44.5 Å². The largest absolute Gasteiger partial charge is 0.418 e. The van der Waals surface area contributed by atoms with Crippen molar-refractivity contribution in [2.75, 3.05) is 11.9 Å². The third-order valence-corrected chi connectivity index (χ3v) is 3.88. The summed E-state index contributed by atoms with van der Waals surface area (Å²) in [6.45, 7) is 2.91. The highest BCUT2D eigenvalue weighted by Gasteiger charge is 2.34. The summed E-state index contributed by atoms with van der Waals surface area (Å²) in [5.74, 6) is 0. The van der Waals surface area contributed by atoms with Crippen LogP contribution in [0.25, 0.3) is 0 Å². The fourth-order valence-corrected chi connectivity index (χ4v) is 2.69. The topological polar surface area (TPSA) is 24.1 Å². The molecular weight excluding hydrogens is 321 g/mol. The fourth-order valence-electron chi connectivity index (χ4n) is 2.32. The van der Waals surface area contributed by atoms with E-state index in [4.69, 9.17) is 0 Å². The molecule has 0 amide bonds. The molecule has 1 saturated heterocycles. The van der Waals surface area contributed by atoms with Gasteiger partial charge in [0.2, 0.25) is 0 Å². The second-order valence-electron chi connectivity index (χ2n) is 4.82. The Labute approximate surface area is 118 Å². The van der Waals surface area contributed by atoms with Gasteiger partial charge in [0.25, 0.3) is 0 Å². The second kappa shape index (κ2) is 5.71. The summed E-state index contributed by atoms with van der Waals surface area (Å²) in [5, 5.41) is 6.30. The molecule has 1 heterocycles. The first-order valence-electron chi connectivity index (χ1n) is 6.24. The molecule has 0 radical (unpaired) electrons. The molecule has 6 heteroatoms. The lowest BCUT2D eigenvalue weighted by molar-refractivity contribution is -0.137. The maximum absolute atomic E-state index is 13.0. The van der Waals surface area contributed by atoms with E-state index >= 15 is 0 Å². The van der Waals surface area contributed by atoms with Crippen LogP contribution in [0, 0.1) is 0 Å². The molecule has 2 unspecified atom stereocenters. The molecule has 1 aliphatic rings. The zero-order valence-electron chi connectivity index (χ0n) is 10.5. The number of hydrogen-bond donors (Lipinski definition) is 2. The lowest BCUT2D eigenvalue weighted by Gasteiger charge is -2.32. The Hall–Kier alpha value is -0.750. The molecule has 2 atom stereocenters. The standard InChI is InChI=1S/C13H16BrF3N2/c1-8-11(3-2-6-18-8)19-12-7-9(14)4-5-10(12)13(15,16)17/h4-5,7-8,11,18-19H,2-3,6H2,1H3. The molecule has 106 valence electrons. The Morgan fingerprint density at radius 3 is 2.74 bits per heavy atom. The molecule has 2 rings (SSSR count). The number of anilines is 1. The highest BCUT2D eigenvalue weighted by Crippen LogP contribution is 2.37. The first-order valence-corrected chi connectivity index (χ1v) is 7.04. The van der Waals surface area contributed by atoms with Gasteiger partial charge in [-0.3, -0.25) is 0 Å². The van der Waals surface area contributed by atoms with Gasteiger partial charge < -0.3 is 10.6 Å². The summed E-state index contributed by atoms with van der Waals surface area (Å²) in [4.78, 5) is 0. The van der Waals surface area contributed by atoms with E-state index in [1.165, 1.54) is 12.1 Å². The third kappa shape index (κ3) is 3.63. The lowest BCUT2D eigenvalue weighted by atomic mass is 9.99. The highest BCUT2D eigenvalue weighted by atomic mass is 79.9. The van der Waals surface area contributed by atoms with E-state index < -0.39 is 11.7 Å². The van der Waals surface area contributed by atoms with Crippen molar-refractivity contribution in [3.63, 3.8) is 0 Å². The molecule has 0 saturated carbocycles. The van der Waals surface area contributed by atoms with E-state index in [9.17, 15) is 13.2 Å². The van der Waals surface area contributed by atoms with E-state index in [-0.39, 0.29) is 17.8 Å². The van der Waals surface area contributed by atoms with Gasteiger partial charge in [-0.15, -0.1) is 0 Å². The minimum absolute atomic E-state index is 0.0177. The summed E-state index contributed by atoms with van der Waals surface area (Å²) in [6, 6.07) is 4.19. The van der Waals surface area contributed by atoms with Gasteiger partial charge in [0.15, 0.2) is 0 Å². The first-order chi connectivity index (χ1) is 8.88.